The summed E-state index contributed by atoms with van der Waals surface area (Å²) in [5.41, 5.74) is 1.96. The molecule has 2 fully saturated rings. The fraction of sp³-hybridized carbons (Fsp3) is 0.667. The molecule has 0 bridgehead atoms. The number of nitrogens with zero attached hydrogens (tertiary/aromatic N) is 1. The number of hydrogen-bond donors (Lipinski definition) is 3. The van der Waals surface area contributed by atoms with Gasteiger partial charge in [-0.25, -0.2) is 0 Å². The number of halogens is 2. The van der Waals surface area contributed by atoms with Crippen molar-refractivity contribution in [1.82, 2.24) is 10.2 Å². The Balaban J connectivity index is 0.00000196. The Morgan fingerprint density at radius 1 is 1.11 bits per heavy atom. The van der Waals surface area contributed by atoms with Crippen molar-refractivity contribution in [3.8, 4) is 0 Å². The molecule has 28 heavy (non-hydrogen) atoms. The Morgan fingerprint density at radius 2 is 1.71 bits per heavy atom. The zero-order valence-electron chi connectivity index (χ0n) is 17.1. The van der Waals surface area contributed by atoms with Gasteiger partial charge in [0.25, 0.3) is 0 Å². The van der Waals surface area contributed by atoms with Crippen LogP contribution in [0.4, 0.5) is 11.4 Å². The molecule has 0 aliphatic carbocycles. The molecule has 1 aromatic carbocycles. The van der Waals surface area contributed by atoms with Gasteiger partial charge in [-0.3, -0.25) is 4.79 Å². The van der Waals surface area contributed by atoms with E-state index < -0.39 is 0 Å². The van der Waals surface area contributed by atoms with Crippen LogP contribution in [0.1, 0.15) is 39.0 Å². The van der Waals surface area contributed by atoms with E-state index >= 15 is 0 Å². The van der Waals surface area contributed by atoms with Crippen molar-refractivity contribution in [2.24, 2.45) is 11.8 Å². The molecule has 1 aromatic rings. The zero-order valence-corrected chi connectivity index (χ0v) is 18.7. The van der Waals surface area contributed by atoms with E-state index in [-0.39, 0.29) is 30.7 Å². The van der Waals surface area contributed by atoms with Crippen LogP contribution in [0.5, 0.6) is 0 Å². The summed E-state index contributed by atoms with van der Waals surface area (Å²) in [5, 5.41) is 10.2. The number of rotatable bonds is 6. The number of para-hydroxylation sites is 2. The Hall–Kier alpha value is -1.01. The van der Waals surface area contributed by atoms with E-state index in [2.05, 4.69) is 40.9 Å². The van der Waals surface area contributed by atoms with E-state index in [4.69, 9.17) is 0 Å². The number of likely N-dealkylation sites (tertiary alicyclic amines) is 1. The Kier molecular flexibility index (Phi) is 11.2. The number of anilines is 2. The van der Waals surface area contributed by atoms with Crippen LogP contribution in [0.15, 0.2) is 24.3 Å². The SMILES string of the molecule is CC(CC(=O)Nc1ccccc1NC1CCN(C)CC1)C1CCNCC1.Cl.Cl. The highest BCUT2D eigenvalue weighted by Gasteiger charge is 2.23. The third-order valence-corrected chi connectivity index (χ3v) is 5.98. The fourth-order valence-electron chi connectivity index (χ4n) is 4.16. The molecule has 2 aliphatic rings. The minimum Gasteiger partial charge on any atom is -0.381 e. The highest BCUT2D eigenvalue weighted by atomic mass is 35.5. The minimum absolute atomic E-state index is 0. The normalized spacial score (nSPS) is 19.8. The van der Waals surface area contributed by atoms with Crippen LogP contribution in [-0.4, -0.2) is 50.1 Å². The van der Waals surface area contributed by atoms with Crippen LogP contribution >= 0.6 is 24.8 Å². The molecule has 0 radical (unpaired) electrons. The number of hydrogen-bond acceptors (Lipinski definition) is 4. The van der Waals surface area contributed by atoms with Crippen LogP contribution in [0, 0.1) is 11.8 Å². The van der Waals surface area contributed by atoms with Gasteiger partial charge < -0.3 is 20.9 Å². The van der Waals surface area contributed by atoms with E-state index in [1.54, 1.807) is 0 Å². The van der Waals surface area contributed by atoms with Crippen molar-refractivity contribution in [2.75, 3.05) is 43.9 Å². The van der Waals surface area contributed by atoms with Crippen LogP contribution in [0.2, 0.25) is 0 Å². The lowest BCUT2D eigenvalue weighted by molar-refractivity contribution is -0.117. The Bertz CT molecular complexity index is 588. The molecule has 2 heterocycles. The summed E-state index contributed by atoms with van der Waals surface area (Å²) < 4.78 is 0. The first kappa shape index (κ1) is 25.0. The third kappa shape index (κ3) is 7.43. The summed E-state index contributed by atoms with van der Waals surface area (Å²) in [5.74, 6) is 1.23. The molecular formula is C21H36Cl2N4O. The van der Waals surface area contributed by atoms with Crippen molar-refractivity contribution in [3.63, 3.8) is 0 Å². The number of amides is 1. The maximum absolute atomic E-state index is 12.6. The van der Waals surface area contributed by atoms with Crippen molar-refractivity contribution in [1.29, 1.82) is 0 Å². The highest BCUT2D eigenvalue weighted by molar-refractivity contribution is 5.94. The van der Waals surface area contributed by atoms with Gasteiger partial charge in [-0.1, -0.05) is 19.1 Å². The minimum atomic E-state index is 0. The molecule has 160 valence electrons. The van der Waals surface area contributed by atoms with Crippen molar-refractivity contribution >= 4 is 42.1 Å². The van der Waals surface area contributed by atoms with Gasteiger partial charge in [-0.15, -0.1) is 24.8 Å². The van der Waals surface area contributed by atoms with E-state index in [0.29, 0.717) is 24.3 Å². The number of benzene rings is 1. The average molecular weight is 431 g/mol. The van der Waals surface area contributed by atoms with Gasteiger partial charge in [0.1, 0.15) is 0 Å². The molecule has 2 saturated heterocycles. The standard InChI is InChI=1S/C21H34N4O.2ClH/c1-16(17-7-11-22-12-8-17)15-21(26)24-20-6-4-3-5-19(20)23-18-9-13-25(2)14-10-18;;/h3-6,16-18,22-23H,7-15H2,1-2H3,(H,24,26);2*1H. The molecule has 1 unspecified atom stereocenters. The van der Waals surface area contributed by atoms with Gasteiger partial charge in [0, 0.05) is 12.5 Å². The molecule has 1 amide bonds. The predicted molar refractivity (Wildman–Crippen MR) is 123 cm³/mol. The molecule has 1 atom stereocenters. The van der Waals surface area contributed by atoms with E-state index in [1.165, 1.54) is 12.8 Å². The molecule has 7 heteroatoms. The van der Waals surface area contributed by atoms with Crippen LogP contribution < -0.4 is 16.0 Å². The monoisotopic (exact) mass is 430 g/mol. The quantitative estimate of drug-likeness (QED) is 0.637. The Labute approximate surface area is 182 Å². The summed E-state index contributed by atoms with van der Waals surface area (Å²) in [6.07, 6.45) is 5.26. The topological polar surface area (TPSA) is 56.4 Å². The lowest BCUT2D eigenvalue weighted by atomic mass is 9.84. The maximum Gasteiger partial charge on any atom is 0.224 e. The third-order valence-electron chi connectivity index (χ3n) is 5.98. The van der Waals surface area contributed by atoms with Gasteiger partial charge >= 0.3 is 0 Å². The van der Waals surface area contributed by atoms with Gasteiger partial charge in [-0.2, -0.15) is 0 Å². The lowest BCUT2D eigenvalue weighted by Gasteiger charge is -2.31. The number of nitrogens with one attached hydrogen (secondary N) is 3. The number of piperidine rings is 2. The summed E-state index contributed by atoms with van der Waals surface area (Å²) in [6, 6.07) is 8.59. The van der Waals surface area contributed by atoms with Gasteiger partial charge in [0.15, 0.2) is 0 Å². The van der Waals surface area contributed by atoms with Gasteiger partial charge in [0.05, 0.1) is 11.4 Å². The van der Waals surface area contributed by atoms with Crippen LogP contribution in [0.25, 0.3) is 0 Å². The molecule has 0 aromatic heterocycles. The van der Waals surface area contributed by atoms with E-state index in [1.807, 2.05) is 18.2 Å². The van der Waals surface area contributed by atoms with Crippen molar-refractivity contribution < 1.29 is 4.79 Å². The highest BCUT2D eigenvalue weighted by Crippen LogP contribution is 2.27. The second-order valence-electron chi connectivity index (χ2n) is 8.08. The second kappa shape index (κ2) is 12.5. The first-order valence-electron chi connectivity index (χ1n) is 10.2. The largest absolute Gasteiger partial charge is 0.381 e. The van der Waals surface area contributed by atoms with Gasteiger partial charge in [0.2, 0.25) is 5.91 Å². The molecule has 3 rings (SSSR count). The lowest BCUT2D eigenvalue weighted by Crippen LogP contribution is -2.36. The predicted octanol–water partition coefficient (Wildman–Crippen LogP) is 4.00. The van der Waals surface area contributed by atoms with Crippen LogP contribution in [-0.2, 0) is 4.79 Å². The molecule has 3 N–H and O–H groups in total. The fourth-order valence-corrected chi connectivity index (χ4v) is 4.16. The van der Waals surface area contributed by atoms with Crippen molar-refractivity contribution in [2.45, 2.75) is 45.1 Å². The van der Waals surface area contributed by atoms with Crippen LogP contribution in [0.3, 0.4) is 0 Å². The smallest absolute Gasteiger partial charge is 0.224 e. The first-order chi connectivity index (χ1) is 12.6. The van der Waals surface area contributed by atoms with E-state index in [9.17, 15) is 4.79 Å². The summed E-state index contributed by atoms with van der Waals surface area (Å²) in [7, 11) is 2.17. The maximum atomic E-state index is 12.6. The van der Waals surface area contributed by atoms with Gasteiger partial charge in [-0.05, 0) is 82.9 Å². The number of carbonyl (C=O) groups excluding carboxylic acids is 1. The average Bonchev–Trinajstić information content (AvgIpc) is 2.66. The Morgan fingerprint density at radius 3 is 2.36 bits per heavy atom. The molecular weight excluding hydrogens is 395 g/mol. The zero-order chi connectivity index (χ0) is 18.4. The van der Waals surface area contributed by atoms with E-state index in [0.717, 1.165) is 50.4 Å². The molecule has 0 saturated carbocycles. The second-order valence-corrected chi connectivity index (χ2v) is 8.08. The summed E-state index contributed by atoms with van der Waals surface area (Å²) in [6.45, 7) is 6.64. The van der Waals surface area contributed by atoms with Crippen molar-refractivity contribution in [3.05, 3.63) is 24.3 Å². The summed E-state index contributed by atoms with van der Waals surface area (Å²) in [4.78, 5) is 15.0. The molecule has 2 aliphatic heterocycles. The molecule has 5 nitrogen and oxygen atoms in total. The molecule has 0 spiro atoms. The number of carbonyl (C=O) groups is 1. The summed E-state index contributed by atoms with van der Waals surface area (Å²) >= 11 is 0. The first-order valence-corrected chi connectivity index (χ1v) is 10.2.